The van der Waals surface area contributed by atoms with E-state index in [1.807, 2.05) is 51.1 Å². The number of unbranched alkanes of at least 4 members (excludes halogenated alkanes) is 1. The number of pyridine rings is 3. The number of hydrogen-bond acceptors (Lipinski definition) is 6. The van der Waals surface area contributed by atoms with Crippen molar-refractivity contribution in [3.8, 4) is 11.4 Å². The van der Waals surface area contributed by atoms with E-state index in [4.69, 9.17) is 20.4 Å². The molecule has 0 radical (unpaired) electrons. The molecule has 0 aliphatic carbocycles. The lowest BCUT2D eigenvalue weighted by Gasteiger charge is -2.36. The predicted molar refractivity (Wildman–Crippen MR) is 178 cm³/mol. The van der Waals surface area contributed by atoms with E-state index in [1.54, 1.807) is 12.3 Å². The van der Waals surface area contributed by atoms with E-state index < -0.39 is 18.5 Å². The number of nitrogens with zero attached hydrogens (tertiary/aromatic N) is 4. The summed E-state index contributed by atoms with van der Waals surface area (Å²) in [6.07, 6.45) is 3.03. The second-order valence-electron chi connectivity index (χ2n) is 9.92. The number of ether oxygens (including phenoxy) is 1. The lowest BCUT2D eigenvalue weighted by atomic mass is 10.1. The highest BCUT2D eigenvalue weighted by Gasteiger charge is 2.23. The molecule has 1 saturated heterocycles. The van der Waals surface area contributed by atoms with Crippen LogP contribution in [0, 0.1) is 0 Å². The quantitative estimate of drug-likeness (QED) is 0.273. The van der Waals surface area contributed by atoms with Crippen molar-refractivity contribution in [2.45, 2.75) is 105 Å². The van der Waals surface area contributed by atoms with Gasteiger partial charge in [0.25, 0.3) is 0 Å². The number of fused-ring (bicyclic) bond motifs is 1. The smallest absolute Gasteiger partial charge is 0.235 e. The first-order valence-electron chi connectivity index (χ1n) is 14.9. The van der Waals surface area contributed by atoms with Gasteiger partial charge in [0.2, 0.25) is 12.3 Å². The van der Waals surface area contributed by atoms with Crippen LogP contribution in [0.3, 0.4) is 0 Å². The van der Waals surface area contributed by atoms with Crippen molar-refractivity contribution in [1.82, 2.24) is 15.0 Å². The third-order valence-electron chi connectivity index (χ3n) is 6.04. The van der Waals surface area contributed by atoms with Gasteiger partial charge < -0.3 is 15.4 Å². The molecule has 2 N–H and O–H groups in total. The van der Waals surface area contributed by atoms with Crippen molar-refractivity contribution in [3.63, 3.8) is 0 Å². The molecule has 0 spiro atoms. The third kappa shape index (κ3) is 15.4. The summed E-state index contributed by atoms with van der Waals surface area (Å²) >= 11 is 0. The van der Waals surface area contributed by atoms with Gasteiger partial charge in [-0.05, 0) is 63.9 Å². The highest BCUT2D eigenvalue weighted by atomic mass is 32.1. The zero-order valence-corrected chi connectivity index (χ0v) is 27.6. The molecule has 3 atom stereocenters. The number of alkyl halides is 3. The molecule has 244 valence electrons. The standard InChI is InChI=1S/C21H23N5O2.C7H15F.C2H4F2.C2H6.H2S.H2/c1-13-11-26(12-14(2)28-13)21-5-3-4-17(25-21)18-7-6-15-10-23-16(9-20(22)27)8-19(15)24-18;1-3-5-6-7(8)4-2;1-2(3)4;1-2;;/h3-8,10,13-14H,9,11-12H2,1-2H3,(H2,22,27);7H,3-6H2,1-2H3;2H,1H3;1-2H3;1H2;1H/t13-,14+;7-;;;;/m.1..../s1. The highest BCUT2D eigenvalue weighted by molar-refractivity contribution is 7.59. The van der Waals surface area contributed by atoms with E-state index in [-0.39, 0.29) is 33.6 Å². The zero-order valence-electron chi connectivity index (χ0n) is 26.6. The van der Waals surface area contributed by atoms with Crippen LogP contribution in [0.1, 0.15) is 81.3 Å². The molecular formula is C32H52F3N5O2S. The first kappa shape index (κ1) is 40.1. The fourth-order valence-corrected chi connectivity index (χ4v) is 4.21. The van der Waals surface area contributed by atoms with Crippen LogP contribution < -0.4 is 10.6 Å². The van der Waals surface area contributed by atoms with Crippen LogP contribution >= 0.6 is 13.5 Å². The summed E-state index contributed by atoms with van der Waals surface area (Å²) in [7, 11) is 0. The summed E-state index contributed by atoms with van der Waals surface area (Å²) in [5.41, 5.74) is 8.24. The van der Waals surface area contributed by atoms with Crippen molar-refractivity contribution in [1.29, 1.82) is 0 Å². The summed E-state index contributed by atoms with van der Waals surface area (Å²) < 4.78 is 38.8. The molecule has 1 aliphatic rings. The number of rotatable bonds is 8. The van der Waals surface area contributed by atoms with Gasteiger partial charge in [0.05, 0.1) is 47.4 Å². The lowest BCUT2D eigenvalue weighted by Crippen LogP contribution is -2.45. The molecule has 3 aromatic heterocycles. The van der Waals surface area contributed by atoms with E-state index >= 15 is 0 Å². The van der Waals surface area contributed by atoms with E-state index in [2.05, 4.69) is 30.7 Å². The van der Waals surface area contributed by atoms with Gasteiger partial charge in [-0.2, -0.15) is 13.5 Å². The third-order valence-corrected chi connectivity index (χ3v) is 6.04. The summed E-state index contributed by atoms with van der Waals surface area (Å²) in [5.74, 6) is 0.511. The minimum Gasteiger partial charge on any atom is -0.372 e. The molecule has 4 heterocycles. The van der Waals surface area contributed by atoms with Gasteiger partial charge >= 0.3 is 0 Å². The molecule has 0 aromatic carbocycles. The number of carbonyl (C=O) groups excluding carboxylic acids is 1. The van der Waals surface area contributed by atoms with Crippen molar-refractivity contribution in [2.75, 3.05) is 18.0 Å². The van der Waals surface area contributed by atoms with Gasteiger partial charge in [-0.1, -0.05) is 46.6 Å². The van der Waals surface area contributed by atoms with Crippen LogP contribution in [0.15, 0.2) is 42.6 Å². The van der Waals surface area contributed by atoms with E-state index in [0.717, 1.165) is 67.4 Å². The number of anilines is 1. The number of primary amides is 1. The molecule has 43 heavy (non-hydrogen) atoms. The molecule has 7 nitrogen and oxygen atoms in total. The minimum atomic E-state index is -2.17. The monoisotopic (exact) mass is 627 g/mol. The average Bonchev–Trinajstić information content (AvgIpc) is 2.96. The van der Waals surface area contributed by atoms with E-state index in [0.29, 0.717) is 12.1 Å². The van der Waals surface area contributed by atoms with E-state index in [9.17, 15) is 18.0 Å². The van der Waals surface area contributed by atoms with Gasteiger partial charge in [0.15, 0.2) is 0 Å². The molecule has 1 aliphatic heterocycles. The zero-order chi connectivity index (χ0) is 31.7. The fraction of sp³-hybridized carbons (Fsp3) is 0.562. The predicted octanol–water partition coefficient (Wildman–Crippen LogP) is 7.91. The molecule has 3 aromatic rings. The first-order chi connectivity index (χ1) is 20.0. The number of amides is 1. The maximum absolute atomic E-state index is 12.3. The van der Waals surface area contributed by atoms with Gasteiger partial charge in [-0.15, -0.1) is 0 Å². The lowest BCUT2D eigenvalue weighted by molar-refractivity contribution is -0.117. The van der Waals surface area contributed by atoms with Crippen molar-refractivity contribution >= 4 is 36.1 Å². The Labute approximate surface area is 263 Å². The summed E-state index contributed by atoms with van der Waals surface area (Å²) in [5, 5.41) is 0.906. The largest absolute Gasteiger partial charge is 0.372 e. The Bertz CT molecular complexity index is 1200. The molecule has 1 fully saturated rings. The molecule has 0 unspecified atom stereocenters. The Kier molecular flexibility index (Phi) is 20.2. The number of halogens is 3. The second kappa shape index (κ2) is 21.7. The van der Waals surface area contributed by atoms with Crippen LogP contribution in [0.25, 0.3) is 22.3 Å². The van der Waals surface area contributed by atoms with Gasteiger partial charge in [-0.25, -0.2) is 23.1 Å². The number of hydrogen-bond donors (Lipinski definition) is 1. The topological polar surface area (TPSA) is 94.2 Å². The highest BCUT2D eigenvalue weighted by Crippen LogP contribution is 2.24. The molecule has 4 rings (SSSR count). The Morgan fingerprint density at radius 3 is 2.23 bits per heavy atom. The second-order valence-corrected chi connectivity index (χ2v) is 9.92. The maximum Gasteiger partial charge on any atom is 0.235 e. The van der Waals surface area contributed by atoms with Crippen LogP contribution in [0.5, 0.6) is 0 Å². The van der Waals surface area contributed by atoms with Crippen molar-refractivity contribution in [2.24, 2.45) is 5.73 Å². The molecule has 0 saturated carbocycles. The number of nitrogens with two attached hydrogens (primary N) is 1. The molecular weight excluding hydrogens is 575 g/mol. The number of carbonyl (C=O) groups is 1. The summed E-state index contributed by atoms with van der Waals surface area (Å²) in [4.78, 5) is 27.2. The Balaban J connectivity index is 0. The Morgan fingerprint density at radius 2 is 1.67 bits per heavy atom. The summed E-state index contributed by atoms with van der Waals surface area (Å²) in [6.45, 7) is 14.6. The van der Waals surface area contributed by atoms with Gasteiger partial charge in [0.1, 0.15) is 5.82 Å². The molecule has 1 amide bonds. The first-order valence-corrected chi connectivity index (χ1v) is 14.9. The van der Waals surface area contributed by atoms with Gasteiger partial charge in [-0.3, -0.25) is 9.78 Å². The molecule has 11 heteroatoms. The van der Waals surface area contributed by atoms with Crippen molar-refractivity contribution < 1.29 is 24.1 Å². The van der Waals surface area contributed by atoms with Crippen molar-refractivity contribution in [3.05, 3.63) is 48.3 Å². The molecule has 0 bridgehead atoms. The Hall–Kier alpha value is -2.92. The Morgan fingerprint density at radius 1 is 1.07 bits per heavy atom. The maximum atomic E-state index is 12.3. The SMILES string of the molecule is CC.CC(F)F.CCCC[C@H](F)CC.C[C@@H]1CN(c2cccc(-c3ccc4cnc(CC(N)=O)cc4n3)n2)C[C@H](C)O1.S.[HH]. The number of aromatic nitrogens is 3. The van der Waals surface area contributed by atoms with Crippen LogP contribution in [-0.4, -0.2) is 58.8 Å². The van der Waals surface area contributed by atoms with Gasteiger partial charge in [0, 0.05) is 26.1 Å². The average molecular weight is 628 g/mol. The van der Waals surface area contributed by atoms with Crippen LogP contribution in [0.2, 0.25) is 0 Å². The normalized spacial score (nSPS) is 16.4. The minimum absolute atomic E-state index is 0. The fourth-order valence-electron chi connectivity index (χ4n) is 4.21. The number of morpholine rings is 1. The van der Waals surface area contributed by atoms with Crippen LogP contribution in [0.4, 0.5) is 19.0 Å². The summed E-state index contributed by atoms with van der Waals surface area (Å²) in [6, 6.07) is 11.7. The van der Waals surface area contributed by atoms with E-state index in [1.165, 1.54) is 0 Å². The van der Waals surface area contributed by atoms with Crippen LogP contribution in [-0.2, 0) is 16.0 Å².